The van der Waals surface area contributed by atoms with Crippen LogP contribution >= 0.6 is 11.6 Å². The average molecular weight is 192 g/mol. The second kappa shape index (κ2) is 4.10. The van der Waals surface area contributed by atoms with Gasteiger partial charge in [-0.05, 0) is 12.8 Å². The van der Waals surface area contributed by atoms with E-state index in [1.165, 1.54) is 0 Å². The Kier molecular flexibility index (Phi) is 3.35. The fourth-order valence-corrected chi connectivity index (χ4v) is 1.20. The van der Waals surface area contributed by atoms with Crippen molar-refractivity contribution in [3.8, 4) is 0 Å². The highest BCUT2D eigenvalue weighted by Crippen LogP contribution is 2.44. The summed E-state index contributed by atoms with van der Waals surface area (Å²) in [6.45, 7) is 0.771. The molecule has 1 aliphatic rings. The molecule has 1 rings (SSSR count). The molecule has 0 spiro atoms. The molecule has 0 aliphatic heterocycles. The van der Waals surface area contributed by atoms with E-state index < -0.39 is 0 Å². The first-order valence-corrected chi connectivity index (χ1v) is 4.69. The summed E-state index contributed by atoms with van der Waals surface area (Å²) in [7, 11) is 0. The topological polar surface area (TPSA) is 49.3 Å². The Bertz CT molecular complexity index is 168. The van der Waals surface area contributed by atoms with E-state index >= 15 is 0 Å². The Morgan fingerprint density at radius 3 is 2.67 bits per heavy atom. The van der Waals surface area contributed by atoms with E-state index in [-0.39, 0.29) is 17.9 Å². The standard InChI is InChI=1S/C8H14ClNO2/c9-4-1-7(12)10-5-8(6-11)2-3-8/h11H,1-6H2,(H,10,12). The highest BCUT2D eigenvalue weighted by Gasteiger charge is 2.41. The second-order valence-electron chi connectivity index (χ2n) is 3.37. The van der Waals surface area contributed by atoms with Gasteiger partial charge < -0.3 is 10.4 Å². The fraction of sp³-hybridized carbons (Fsp3) is 0.875. The molecule has 0 aromatic carbocycles. The molecule has 12 heavy (non-hydrogen) atoms. The van der Waals surface area contributed by atoms with Gasteiger partial charge in [-0.1, -0.05) is 0 Å². The van der Waals surface area contributed by atoms with E-state index in [4.69, 9.17) is 16.7 Å². The van der Waals surface area contributed by atoms with Gasteiger partial charge in [0.2, 0.25) is 5.91 Å². The van der Waals surface area contributed by atoms with Gasteiger partial charge >= 0.3 is 0 Å². The van der Waals surface area contributed by atoms with Gasteiger partial charge in [0.15, 0.2) is 0 Å². The SMILES string of the molecule is O=C(CCCl)NCC1(CO)CC1. The largest absolute Gasteiger partial charge is 0.396 e. The first kappa shape index (κ1) is 9.81. The summed E-state index contributed by atoms with van der Waals surface area (Å²) in [5.41, 5.74) is 0.00196. The molecule has 2 N–H and O–H groups in total. The lowest BCUT2D eigenvalue weighted by molar-refractivity contribution is -0.121. The zero-order chi connectivity index (χ0) is 9.03. The quantitative estimate of drug-likeness (QED) is 0.622. The minimum absolute atomic E-state index is 0.00196. The molecule has 0 heterocycles. The number of rotatable bonds is 5. The third kappa shape index (κ3) is 2.64. The van der Waals surface area contributed by atoms with Crippen LogP contribution in [0.5, 0.6) is 0 Å². The van der Waals surface area contributed by atoms with Gasteiger partial charge in [-0.25, -0.2) is 0 Å². The summed E-state index contributed by atoms with van der Waals surface area (Å²) in [4.78, 5) is 11.0. The number of carbonyl (C=O) groups is 1. The van der Waals surface area contributed by atoms with Crippen LogP contribution in [0.3, 0.4) is 0 Å². The Balaban J connectivity index is 2.12. The van der Waals surface area contributed by atoms with Crippen molar-refractivity contribution in [3.63, 3.8) is 0 Å². The molecule has 0 unspecified atom stereocenters. The maximum Gasteiger partial charge on any atom is 0.221 e. The van der Waals surface area contributed by atoms with Crippen LogP contribution in [0, 0.1) is 5.41 Å². The predicted octanol–water partition coefficient (Wildman–Crippen LogP) is 0.504. The summed E-state index contributed by atoms with van der Waals surface area (Å²) < 4.78 is 0. The van der Waals surface area contributed by atoms with Crippen LogP contribution in [0.15, 0.2) is 0 Å². The van der Waals surface area contributed by atoms with E-state index in [0.717, 1.165) is 12.8 Å². The normalized spacial score (nSPS) is 18.8. The van der Waals surface area contributed by atoms with Crippen molar-refractivity contribution in [3.05, 3.63) is 0 Å². The molecule has 4 heteroatoms. The lowest BCUT2D eigenvalue weighted by Crippen LogP contribution is -2.31. The fourth-order valence-electron chi connectivity index (χ4n) is 1.03. The number of halogens is 1. The van der Waals surface area contributed by atoms with Crippen LogP contribution in [0.2, 0.25) is 0 Å². The van der Waals surface area contributed by atoms with Gasteiger partial charge in [-0.3, -0.25) is 4.79 Å². The van der Waals surface area contributed by atoms with Crippen LogP contribution in [-0.2, 0) is 4.79 Å². The minimum Gasteiger partial charge on any atom is -0.396 e. The number of carbonyl (C=O) groups excluding carboxylic acids is 1. The van der Waals surface area contributed by atoms with E-state index in [2.05, 4.69) is 5.32 Å². The zero-order valence-corrected chi connectivity index (χ0v) is 7.73. The van der Waals surface area contributed by atoms with Gasteiger partial charge in [0, 0.05) is 24.3 Å². The first-order chi connectivity index (χ1) is 5.72. The molecule has 0 aromatic rings. The number of amides is 1. The second-order valence-corrected chi connectivity index (χ2v) is 3.75. The lowest BCUT2D eigenvalue weighted by Gasteiger charge is -2.11. The predicted molar refractivity (Wildman–Crippen MR) is 47.1 cm³/mol. The molecule has 3 nitrogen and oxygen atoms in total. The zero-order valence-electron chi connectivity index (χ0n) is 6.98. The molecule has 0 saturated heterocycles. The van der Waals surface area contributed by atoms with E-state index in [0.29, 0.717) is 18.8 Å². The molecule has 0 aromatic heterocycles. The molecule has 1 aliphatic carbocycles. The number of hydrogen-bond acceptors (Lipinski definition) is 2. The number of aliphatic hydroxyl groups is 1. The molecule has 1 fully saturated rings. The van der Waals surface area contributed by atoms with Gasteiger partial charge in [0.1, 0.15) is 0 Å². The Labute approximate surface area is 77.1 Å². The number of nitrogens with one attached hydrogen (secondary N) is 1. The Morgan fingerprint density at radius 2 is 2.25 bits per heavy atom. The maximum absolute atomic E-state index is 11.0. The van der Waals surface area contributed by atoms with Crippen molar-refractivity contribution >= 4 is 17.5 Å². The molecule has 0 radical (unpaired) electrons. The third-order valence-corrected chi connectivity index (χ3v) is 2.46. The van der Waals surface area contributed by atoms with Crippen molar-refractivity contribution < 1.29 is 9.90 Å². The van der Waals surface area contributed by atoms with Gasteiger partial charge in [0.25, 0.3) is 0 Å². The van der Waals surface area contributed by atoms with E-state index in [1.54, 1.807) is 0 Å². The van der Waals surface area contributed by atoms with Crippen molar-refractivity contribution in [2.75, 3.05) is 19.0 Å². The van der Waals surface area contributed by atoms with Crippen molar-refractivity contribution in [1.82, 2.24) is 5.32 Å². The smallest absolute Gasteiger partial charge is 0.221 e. The van der Waals surface area contributed by atoms with Gasteiger partial charge in [-0.15, -0.1) is 11.6 Å². The molecule has 1 amide bonds. The highest BCUT2D eigenvalue weighted by atomic mass is 35.5. The number of alkyl halides is 1. The molecular weight excluding hydrogens is 178 g/mol. The Hall–Kier alpha value is -0.280. The lowest BCUT2D eigenvalue weighted by atomic mass is 10.1. The molecule has 1 saturated carbocycles. The summed E-state index contributed by atoms with van der Waals surface area (Å²) in [6.07, 6.45) is 2.40. The molecule has 70 valence electrons. The van der Waals surface area contributed by atoms with Crippen LogP contribution in [0.4, 0.5) is 0 Å². The van der Waals surface area contributed by atoms with Crippen LogP contribution < -0.4 is 5.32 Å². The summed E-state index contributed by atoms with van der Waals surface area (Å²) in [6, 6.07) is 0. The van der Waals surface area contributed by atoms with Crippen LogP contribution in [-0.4, -0.2) is 30.0 Å². The highest BCUT2D eigenvalue weighted by molar-refractivity contribution is 6.18. The Morgan fingerprint density at radius 1 is 1.58 bits per heavy atom. The van der Waals surface area contributed by atoms with Crippen LogP contribution in [0.1, 0.15) is 19.3 Å². The minimum atomic E-state index is -0.0234. The summed E-state index contributed by atoms with van der Waals surface area (Å²) in [5, 5.41) is 11.7. The van der Waals surface area contributed by atoms with Crippen LogP contribution in [0.25, 0.3) is 0 Å². The number of hydrogen-bond donors (Lipinski definition) is 2. The van der Waals surface area contributed by atoms with Crippen molar-refractivity contribution in [2.24, 2.45) is 5.41 Å². The maximum atomic E-state index is 11.0. The van der Waals surface area contributed by atoms with Crippen molar-refractivity contribution in [1.29, 1.82) is 0 Å². The summed E-state index contributed by atoms with van der Waals surface area (Å²) >= 11 is 5.39. The number of aliphatic hydroxyl groups excluding tert-OH is 1. The molecule has 0 bridgehead atoms. The summed E-state index contributed by atoms with van der Waals surface area (Å²) in [5.74, 6) is 0.336. The molecular formula is C8H14ClNO2. The van der Waals surface area contributed by atoms with E-state index in [9.17, 15) is 4.79 Å². The molecule has 0 atom stereocenters. The van der Waals surface area contributed by atoms with E-state index in [1.807, 2.05) is 0 Å². The average Bonchev–Trinajstić information content (AvgIpc) is 2.82. The van der Waals surface area contributed by atoms with Gasteiger partial charge in [0.05, 0.1) is 6.61 Å². The third-order valence-electron chi connectivity index (χ3n) is 2.27. The first-order valence-electron chi connectivity index (χ1n) is 4.16. The van der Waals surface area contributed by atoms with Gasteiger partial charge in [-0.2, -0.15) is 0 Å². The van der Waals surface area contributed by atoms with Crippen molar-refractivity contribution in [2.45, 2.75) is 19.3 Å². The monoisotopic (exact) mass is 191 g/mol.